The highest BCUT2D eigenvalue weighted by Crippen LogP contribution is 2.05. The number of aryl methyl sites for hydroxylation is 1. The van der Waals surface area contributed by atoms with Gasteiger partial charge in [0.2, 0.25) is 0 Å². The van der Waals surface area contributed by atoms with Crippen molar-refractivity contribution in [3.63, 3.8) is 0 Å². The summed E-state index contributed by atoms with van der Waals surface area (Å²) in [6, 6.07) is 7.94. The van der Waals surface area contributed by atoms with Gasteiger partial charge in [0, 0.05) is 0 Å². The van der Waals surface area contributed by atoms with Crippen molar-refractivity contribution < 1.29 is 0 Å². The maximum atomic E-state index is 3.92. The molecule has 0 bridgehead atoms. The first-order chi connectivity index (χ1) is 5.86. The fourth-order valence-corrected chi connectivity index (χ4v) is 1.04. The van der Waals surface area contributed by atoms with Crippen LogP contribution in [0.25, 0.3) is 5.69 Å². The highest BCUT2D eigenvalue weighted by Gasteiger charge is 1.96. The van der Waals surface area contributed by atoms with Crippen LogP contribution in [-0.4, -0.2) is 20.2 Å². The van der Waals surface area contributed by atoms with Gasteiger partial charge in [-0.15, -0.1) is 15.0 Å². The lowest BCUT2D eigenvalue weighted by Gasteiger charge is -1.97. The van der Waals surface area contributed by atoms with Gasteiger partial charge in [0.1, 0.15) is 0 Å². The van der Waals surface area contributed by atoms with Gasteiger partial charge in [-0.05, 0) is 29.8 Å². The van der Waals surface area contributed by atoms with Gasteiger partial charge in [0.05, 0.1) is 5.69 Å². The van der Waals surface area contributed by atoms with Gasteiger partial charge in [-0.2, -0.15) is 0 Å². The Morgan fingerprint density at radius 1 is 1.33 bits per heavy atom. The van der Waals surface area contributed by atoms with E-state index in [0.717, 1.165) is 5.69 Å². The molecule has 0 amide bonds. The zero-order valence-corrected chi connectivity index (χ0v) is 6.68. The third kappa shape index (κ3) is 1.18. The molecule has 60 valence electrons. The van der Waals surface area contributed by atoms with Gasteiger partial charge >= 0.3 is 0 Å². The molecular formula is C8H8N4. The highest BCUT2D eigenvalue weighted by molar-refractivity contribution is 5.32. The molecule has 12 heavy (non-hydrogen) atoms. The van der Waals surface area contributed by atoms with E-state index in [1.54, 1.807) is 0 Å². The van der Waals surface area contributed by atoms with Crippen LogP contribution in [0.5, 0.6) is 0 Å². The summed E-state index contributed by atoms with van der Waals surface area (Å²) in [5.41, 5.74) is 2.12. The summed E-state index contributed by atoms with van der Waals surface area (Å²) in [6.45, 7) is 2.03. The molecule has 0 saturated heterocycles. The molecule has 0 aliphatic rings. The lowest BCUT2D eigenvalue weighted by Crippen LogP contribution is -1.98. The molecule has 4 heteroatoms. The molecule has 1 heterocycles. The van der Waals surface area contributed by atoms with E-state index in [-0.39, 0.29) is 0 Å². The van der Waals surface area contributed by atoms with Gasteiger partial charge in [-0.3, -0.25) is 0 Å². The van der Waals surface area contributed by atoms with Gasteiger partial charge in [0.25, 0.3) is 0 Å². The number of hydrogen-bond acceptors (Lipinski definition) is 3. The van der Waals surface area contributed by atoms with Crippen LogP contribution in [0.1, 0.15) is 5.56 Å². The van der Waals surface area contributed by atoms with Gasteiger partial charge < -0.3 is 0 Å². The first-order valence-electron chi connectivity index (χ1n) is 3.66. The van der Waals surface area contributed by atoms with Gasteiger partial charge in [-0.25, -0.2) is 0 Å². The summed E-state index contributed by atoms with van der Waals surface area (Å²) in [7, 11) is 0. The van der Waals surface area contributed by atoms with E-state index in [9.17, 15) is 0 Å². The summed E-state index contributed by atoms with van der Waals surface area (Å²) < 4.78 is 0. The third-order valence-corrected chi connectivity index (χ3v) is 1.58. The molecule has 0 atom stereocenters. The van der Waals surface area contributed by atoms with Crippen LogP contribution in [0.4, 0.5) is 0 Å². The van der Waals surface area contributed by atoms with E-state index in [2.05, 4.69) is 15.4 Å². The molecule has 1 aromatic heterocycles. The van der Waals surface area contributed by atoms with Crippen molar-refractivity contribution in [2.24, 2.45) is 0 Å². The van der Waals surface area contributed by atoms with E-state index in [0.29, 0.717) is 0 Å². The quantitative estimate of drug-likeness (QED) is 0.624. The second-order valence-electron chi connectivity index (χ2n) is 2.56. The number of aromatic nitrogens is 4. The van der Waals surface area contributed by atoms with Crippen molar-refractivity contribution in [1.82, 2.24) is 20.2 Å². The third-order valence-electron chi connectivity index (χ3n) is 1.58. The standard InChI is InChI=1S/C8H8N4/c1-7-3-2-4-8(5-7)12-10-6-9-11-12/h2-6H,1H3. The number of hydrogen-bond donors (Lipinski definition) is 0. The summed E-state index contributed by atoms with van der Waals surface area (Å²) in [6.07, 6.45) is 1.42. The molecule has 0 aliphatic carbocycles. The molecule has 0 saturated carbocycles. The Balaban J connectivity index is 2.48. The van der Waals surface area contributed by atoms with Crippen molar-refractivity contribution >= 4 is 0 Å². The predicted molar refractivity (Wildman–Crippen MR) is 43.9 cm³/mol. The average molecular weight is 160 g/mol. The molecule has 4 nitrogen and oxygen atoms in total. The molecule has 0 N–H and O–H groups in total. The van der Waals surface area contributed by atoms with E-state index in [1.807, 2.05) is 31.2 Å². The molecule has 2 aromatic rings. The Morgan fingerprint density at radius 2 is 2.25 bits per heavy atom. The van der Waals surface area contributed by atoms with E-state index < -0.39 is 0 Å². The Bertz CT molecular complexity index is 366. The van der Waals surface area contributed by atoms with Crippen LogP contribution < -0.4 is 0 Å². The maximum absolute atomic E-state index is 3.92. The summed E-state index contributed by atoms with van der Waals surface area (Å²) in [4.78, 5) is 1.49. The average Bonchev–Trinajstić information content (AvgIpc) is 2.56. The minimum atomic E-state index is 0.938. The van der Waals surface area contributed by atoms with Crippen molar-refractivity contribution in [2.75, 3.05) is 0 Å². The lowest BCUT2D eigenvalue weighted by molar-refractivity contribution is 0.719. The minimum Gasteiger partial charge on any atom is -0.135 e. The summed E-state index contributed by atoms with van der Waals surface area (Å²) in [5, 5.41) is 11.3. The SMILES string of the molecule is Cc1cccc(-n2ncnn2)c1. The second kappa shape index (κ2) is 2.73. The van der Waals surface area contributed by atoms with E-state index >= 15 is 0 Å². The van der Waals surface area contributed by atoms with Crippen LogP contribution in [0, 0.1) is 6.92 Å². The highest BCUT2D eigenvalue weighted by atomic mass is 15.6. The first-order valence-corrected chi connectivity index (χ1v) is 3.66. The molecule has 0 unspecified atom stereocenters. The van der Waals surface area contributed by atoms with Crippen molar-refractivity contribution in [1.29, 1.82) is 0 Å². The van der Waals surface area contributed by atoms with E-state index in [4.69, 9.17) is 0 Å². The monoisotopic (exact) mass is 160 g/mol. The Labute approximate surface area is 69.8 Å². The van der Waals surface area contributed by atoms with Gasteiger partial charge in [0.15, 0.2) is 6.33 Å². The molecule has 0 spiro atoms. The van der Waals surface area contributed by atoms with Crippen LogP contribution in [0.2, 0.25) is 0 Å². The lowest BCUT2D eigenvalue weighted by atomic mass is 10.2. The fraction of sp³-hybridized carbons (Fsp3) is 0.125. The van der Waals surface area contributed by atoms with Crippen molar-refractivity contribution in [3.8, 4) is 5.69 Å². The summed E-state index contributed by atoms with van der Waals surface area (Å²) >= 11 is 0. The molecule has 0 aliphatic heterocycles. The molecule has 0 radical (unpaired) electrons. The topological polar surface area (TPSA) is 43.6 Å². The first kappa shape index (κ1) is 6.97. The largest absolute Gasteiger partial charge is 0.162 e. The zero-order valence-electron chi connectivity index (χ0n) is 6.68. The van der Waals surface area contributed by atoms with Crippen LogP contribution >= 0.6 is 0 Å². The van der Waals surface area contributed by atoms with Crippen LogP contribution in [0.15, 0.2) is 30.6 Å². The number of nitrogens with zero attached hydrogens (tertiary/aromatic N) is 4. The van der Waals surface area contributed by atoms with Crippen molar-refractivity contribution in [2.45, 2.75) is 6.92 Å². The normalized spacial score (nSPS) is 10.1. The van der Waals surface area contributed by atoms with E-state index in [1.165, 1.54) is 16.7 Å². The zero-order chi connectivity index (χ0) is 8.39. The summed E-state index contributed by atoms with van der Waals surface area (Å²) in [5.74, 6) is 0. The fourth-order valence-electron chi connectivity index (χ4n) is 1.04. The Morgan fingerprint density at radius 3 is 2.92 bits per heavy atom. The minimum absolute atomic E-state index is 0.938. The predicted octanol–water partition coefficient (Wildman–Crippen LogP) is 0.971. The van der Waals surface area contributed by atoms with Crippen LogP contribution in [0.3, 0.4) is 0 Å². The molecule has 2 rings (SSSR count). The molecule has 0 fully saturated rings. The van der Waals surface area contributed by atoms with Crippen molar-refractivity contribution in [3.05, 3.63) is 36.2 Å². The number of benzene rings is 1. The van der Waals surface area contributed by atoms with Gasteiger partial charge in [-0.1, -0.05) is 12.1 Å². The number of tetrazole rings is 1. The van der Waals surface area contributed by atoms with Crippen LogP contribution in [-0.2, 0) is 0 Å². The molecular weight excluding hydrogens is 152 g/mol. The Hall–Kier alpha value is -1.71. The molecule has 1 aromatic carbocycles. The smallest absolute Gasteiger partial charge is 0.135 e. The number of rotatable bonds is 1. The Kier molecular flexibility index (Phi) is 1.59. The maximum Gasteiger partial charge on any atom is 0.162 e. The second-order valence-corrected chi connectivity index (χ2v) is 2.56.